The van der Waals surface area contributed by atoms with Gasteiger partial charge in [-0.3, -0.25) is 9.59 Å². The number of aryl methyl sites for hydroxylation is 1. The lowest BCUT2D eigenvalue weighted by atomic mass is 9.97. The summed E-state index contributed by atoms with van der Waals surface area (Å²) in [5.41, 5.74) is 2.30. The highest BCUT2D eigenvalue weighted by Crippen LogP contribution is 2.27. The van der Waals surface area contributed by atoms with Crippen molar-refractivity contribution >= 4 is 17.5 Å². The Hall–Kier alpha value is -2.04. The average molecular weight is 287 g/mol. The van der Waals surface area contributed by atoms with Gasteiger partial charge < -0.3 is 15.5 Å². The summed E-state index contributed by atoms with van der Waals surface area (Å²) in [6, 6.07) is 7.57. The second kappa shape index (κ2) is 5.76. The summed E-state index contributed by atoms with van der Waals surface area (Å²) in [6.07, 6.45) is 3.34. The van der Waals surface area contributed by atoms with E-state index in [4.69, 9.17) is 0 Å². The van der Waals surface area contributed by atoms with E-state index < -0.39 is 0 Å². The molecule has 1 aromatic rings. The fraction of sp³-hybridized carbons (Fsp3) is 0.500. The molecule has 2 unspecified atom stereocenters. The van der Waals surface area contributed by atoms with Crippen LogP contribution in [0.4, 0.5) is 5.69 Å². The van der Waals surface area contributed by atoms with Gasteiger partial charge in [-0.15, -0.1) is 0 Å². The van der Waals surface area contributed by atoms with Crippen molar-refractivity contribution in [3.63, 3.8) is 0 Å². The summed E-state index contributed by atoms with van der Waals surface area (Å²) in [5.74, 6) is -0.00679. The van der Waals surface area contributed by atoms with E-state index in [1.807, 2.05) is 18.2 Å². The summed E-state index contributed by atoms with van der Waals surface area (Å²) in [7, 11) is 1.62. The van der Waals surface area contributed by atoms with Gasteiger partial charge in [-0.2, -0.15) is 0 Å². The zero-order valence-electron chi connectivity index (χ0n) is 12.3. The smallest absolute Gasteiger partial charge is 0.245 e. The van der Waals surface area contributed by atoms with Gasteiger partial charge in [0, 0.05) is 19.3 Å². The van der Waals surface area contributed by atoms with Crippen molar-refractivity contribution in [1.29, 1.82) is 0 Å². The monoisotopic (exact) mass is 287 g/mol. The van der Waals surface area contributed by atoms with Crippen molar-refractivity contribution in [3.8, 4) is 0 Å². The molecule has 2 aliphatic heterocycles. The van der Waals surface area contributed by atoms with Gasteiger partial charge in [-0.1, -0.05) is 18.2 Å². The molecular formula is C16H21N3O2. The topological polar surface area (TPSA) is 61.4 Å². The molecule has 5 heteroatoms. The largest absolute Gasteiger partial charge is 0.373 e. The van der Waals surface area contributed by atoms with E-state index in [9.17, 15) is 9.59 Å². The summed E-state index contributed by atoms with van der Waals surface area (Å²) in [5, 5.41) is 5.99. The lowest BCUT2D eigenvalue weighted by molar-refractivity contribution is -0.139. The molecule has 0 aromatic heterocycles. The molecule has 0 radical (unpaired) electrons. The van der Waals surface area contributed by atoms with Crippen molar-refractivity contribution < 1.29 is 9.59 Å². The first kappa shape index (κ1) is 13.9. The number of hydrogen-bond donors (Lipinski definition) is 2. The Balaban J connectivity index is 1.73. The lowest BCUT2D eigenvalue weighted by Crippen LogP contribution is -2.51. The Labute approximate surface area is 124 Å². The molecule has 1 aromatic carbocycles. The second-order valence-corrected chi connectivity index (χ2v) is 5.70. The number of likely N-dealkylation sites (tertiary alicyclic amines) is 1. The SMILES string of the molecule is CNC(=O)C1CCCN1C(=O)C1CCc2ccccc2N1. The van der Waals surface area contributed by atoms with Crippen LogP contribution < -0.4 is 10.6 Å². The van der Waals surface area contributed by atoms with Gasteiger partial charge in [-0.05, 0) is 37.3 Å². The predicted octanol–water partition coefficient (Wildman–Crippen LogP) is 1.15. The van der Waals surface area contributed by atoms with Crippen LogP contribution >= 0.6 is 0 Å². The molecule has 2 N–H and O–H groups in total. The van der Waals surface area contributed by atoms with E-state index in [0.29, 0.717) is 6.54 Å². The average Bonchev–Trinajstić information content (AvgIpc) is 3.02. The van der Waals surface area contributed by atoms with Crippen molar-refractivity contribution in [2.24, 2.45) is 0 Å². The molecule has 3 rings (SSSR count). The number of nitrogens with one attached hydrogen (secondary N) is 2. The van der Waals surface area contributed by atoms with Gasteiger partial charge in [0.05, 0.1) is 0 Å². The fourth-order valence-electron chi connectivity index (χ4n) is 3.29. The Morgan fingerprint density at radius 3 is 2.90 bits per heavy atom. The van der Waals surface area contributed by atoms with Crippen LogP contribution in [0, 0.1) is 0 Å². The minimum Gasteiger partial charge on any atom is -0.373 e. The number of rotatable bonds is 2. The molecule has 2 amide bonds. The summed E-state index contributed by atoms with van der Waals surface area (Å²) in [6.45, 7) is 0.677. The molecule has 0 aliphatic carbocycles. The minimum atomic E-state index is -0.304. The molecule has 2 aliphatic rings. The third-order valence-electron chi connectivity index (χ3n) is 4.43. The summed E-state index contributed by atoms with van der Waals surface area (Å²) in [4.78, 5) is 26.3. The van der Waals surface area contributed by atoms with Gasteiger partial charge >= 0.3 is 0 Å². The molecule has 21 heavy (non-hydrogen) atoms. The highest BCUT2D eigenvalue weighted by Gasteiger charge is 2.37. The van der Waals surface area contributed by atoms with E-state index in [0.717, 1.165) is 31.4 Å². The fourth-order valence-corrected chi connectivity index (χ4v) is 3.29. The maximum atomic E-state index is 12.7. The number of benzene rings is 1. The van der Waals surface area contributed by atoms with E-state index in [2.05, 4.69) is 16.7 Å². The molecule has 112 valence electrons. The van der Waals surface area contributed by atoms with Crippen molar-refractivity contribution in [2.75, 3.05) is 18.9 Å². The Kier molecular flexibility index (Phi) is 3.82. The second-order valence-electron chi connectivity index (χ2n) is 5.70. The van der Waals surface area contributed by atoms with E-state index >= 15 is 0 Å². The van der Waals surface area contributed by atoms with Crippen LogP contribution in [-0.2, 0) is 16.0 Å². The van der Waals surface area contributed by atoms with Gasteiger partial charge in [-0.25, -0.2) is 0 Å². The number of likely N-dealkylation sites (N-methyl/N-ethyl adjacent to an activating group) is 1. The van der Waals surface area contributed by atoms with Gasteiger partial charge in [0.1, 0.15) is 12.1 Å². The first-order valence-electron chi connectivity index (χ1n) is 7.57. The van der Waals surface area contributed by atoms with Gasteiger partial charge in [0.2, 0.25) is 11.8 Å². The molecular weight excluding hydrogens is 266 g/mol. The number of nitrogens with zero attached hydrogens (tertiary/aromatic N) is 1. The Morgan fingerprint density at radius 1 is 1.29 bits per heavy atom. The van der Waals surface area contributed by atoms with Crippen LogP contribution in [-0.4, -0.2) is 42.4 Å². The van der Waals surface area contributed by atoms with Crippen molar-refractivity contribution in [1.82, 2.24) is 10.2 Å². The molecule has 2 atom stereocenters. The molecule has 5 nitrogen and oxygen atoms in total. The zero-order chi connectivity index (χ0) is 14.8. The van der Waals surface area contributed by atoms with Crippen LogP contribution in [0.3, 0.4) is 0 Å². The zero-order valence-corrected chi connectivity index (χ0v) is 12.3. The van der Waals surface area contributed by atoms with Crippen LogP contribution in [0.5, 0.6) is 0 Å². The number of carbonyl (C=O) groups is 2. The molecule has 2 heterocycles. The third-order valence-corrected chi connectivity index (χ3v) is 4.43. The van der Waals surface area contributed by atoms with Crippen LogP contribution in [0.25, 0.3) is 0 Å². The van der Waals surface area contributed by atoms with E-state index in [1.54, 1.807) is 11.9 Å². The predicted molar refractivity (Wildman–Crippen MR) is 81.0 cm³/mol. The van der Waals surface area contributed by atoms with Crippen molar-refractivity contribution in [3.05, 3.63) is 29.8 Å². The van der Waals surface area contributed by atoms with Gasteiger partial charge in [0.25, 0.3) is 0 Å². The van der Waals surface area contributed by atoms with Crippen molar-refractivity contribution in [2.45, 2.75) is 37.8 Å². The van der Waals surface area contributed by atoms with E-state index in [1.165, 1.54) is 5.56 Å². The van der Waals surface area contributed by atoms with Crippen LogP contribution in [0.1, 0.15) is 24.8 Å². The molecule has 1 fully saturated rings. The first-order chi connectivity index (χ1) is 10.2. The summed E-state index contributed by atoms with van der Waals surface area (Å²) < 4.78 is 0. The maximum Gasteiger partial charge on any atom is 0.245 e. The third kappa shape index (κ3) is 2.60. The number of amides is 2. The lowest BCUT2D eigenvalue weighted by Gasteiger charge is -2.32. The number of anilines is 1. The summed E-state index contributed by atoms with van der Waals surface area (Å²) >= 11 is 0. The standard InChI is InChI=1S/C16H21N3O2/c1-17-15(20)14-7-4-10-19(14)16(21)13-9-8-11-5-2-3-6-12(11)18-13/h2-3,5-6,13-14,18H,4,7-10H2,1H3,(H,17,20). The highest BCUT2D eigenvalue weighted by atomic mass is 16.2. The number of carbonyl (C=O) groups excluding carboxylic acids is 2. The first-order valence-corrected chi connectivity index (χ1v) is 7.57. The number of fused-ring (bicyclic) bond motifs is 1. The highest BCUT2D eigenvalue weighted by molar-refractivity contribution is 5.92. The normalized spacial score (nSPS) is 24.1. The molecule has 0 spiro atoms. The Morgan fingerprint density at radius 2 is 2.10 bits per heavy atom. The molecule has 0 saturated carbocycles. The molecule has 0 bridgehead atoms. The Bertz CT molecular complexity index is 558. The van der Waals surface area contributed by atoms with E-state index in [-0.39, 0.29) is 23.9 Å². The van der Waals surface area contributed by atoms with Crippen LogP contribution in [0.15, 0.2) is 24.3 Å². The van der Waals surface area contributed by atoms with Gasteiger partial charge in [0.15, 0.2) is 0 Å². The maximum absolute atomic E-state index is 12.7. The quantitative estimate of drug-likeness (QED) is 0.858. The van der Waals surface area contributed by atoms with Crippen LogP contribution in [0.2, 0.25) is 0 Å². The number of para-hydroxylation sites is 1. The minimum absolute atomic E-state index is 0.0515. The molecule has 1 saturated heterocycles. The number of hydrogen-bond acceptors (Lipinski definition) is 3.